The van der Waals surface area contributed by atoms with Gasteiger partial charge in [0.2, 0.25) is 5.91 Å². The van der Waals surface area contributed by atoms with Gasteiger partial charge < -0.3 is 14.8 Å². The van der Waals surface area contributed by atoms with E-state index in [1.54, 1.807) is 0 Å². The smallest absolute Gasteiger partial charge is 0.328 e. The molecule has 98 valence electrons. The van der Waals surface area contributed by atoms with Crippen molar-refractivity contribution < 1.29 is 19.1 Å². The van der Waals surface area contributed by atoms with Crippen LogP contribution in [0.1, 0.15) is 26.7 Å². The molecule has 17 heavy (non-hydrogen) atoms. The van der Waals surface area contributed by atoms with Crippen LogP contribution in [0, 0.1) is 11.8 Å². The molecular formula is C12H21NO4. The summed E-state index contributed by atoms with van der Waals surface area (Å²) < 4.78 is 9.84. The highest BCUT2D eigenvalue weighted by Crippen LogP contribution is 2.14. The van der Waals surface area contributed by atoms with E-state index >= 15 is 0 Å². The minimum atomic E-state index is -0.548. The second kappa shape index (κ2) is 6.59. The number of rotatable bonds is 5. The van der Waals surface area contributed by atoms with Crippen LogP contribution in [-0.2, 0) is 19.1 Å². The molecule has 1 N–H and O–H groups in total. The average molecular weight is 243 g/mol. The summed E-state index contributed by atoms with van der Waals surface area (Å²) in [6.07, 6.45) is 1.31. The lowest BCUT2D eigenvalue weighted by Gasteiger charge is -2.19. The van der Waals surface area contributed by atoms with E-state index in [9.17, 15) is 9.59 Å². The zero-order valence-corrected chi connectivity index (χ0v) is 10.7. The number of esters is 1. The third kappa shape index (κ3) is 4.34. The van der Waals surface area contributed by atoms with Crippen molar-refractivity contribution in [3.05, 3.63) is 0 Å². The molecule has 2 unspecified atom stereocenters. The molecule has 0 radical (unpaired) electrons. The van der Waals surface area contributed by atoms with Crippen LogP contribution in [-0.4, -0.2) is 38.2 Å². The van der Waals surface area contributed by atoms with Gasteiger partial charge >= 0.3 is 5.97 Å². The Balaban J connectivity index is 2.52. The van der Waals surface area contributed by atoms with E-state index in [0.29, 0.717) is 25.6 Å². The molecule has 1 heterocycles. The molecule has 0 bridgehead atoms. The van der Waals surface area contributed by atoms with Gasteiger partial charge in [-0.05, 0) is 18.8 Å². The quantitative estimate of drug-likeness (QED) is 0.723. The molecule has 5 nitrogen and oxygen atoms in total. The van der Waals surface area contributed by atoms with Gasteiger partial charge in [-0.15, -0.1) is 0 Å². The van der Waals surface area contributed by atoms with Gasteiger partial charge in [0.05, 0.1) is 19.6 Å². The van der Waals surface area contributed by atoms with E-state index in [-0.39, 0.29) is 17.8 Å². The number of nitrogens with one attached hydrogen (secondary N) is 1. The summed E-state index contributed by atoms with van der Waals surface area (Å²) >= 11 is 0. The summed E-state index contributed by atoms with van der Waals surface area (Å²) in [5.41, 5.74) is 0. The van der Waals surface area contributed by atoms with Gasteiger partial charge in [-0.1, -0.05) is 13.8 Å². The van der Waals surface area contributed by atoms with Crippen LogP contribution in [0.2, 0.25) is 0 Å². The van der Waals surface area contributed by atoms with Crippen LogP contribution in [0.5, 0.6) is 0 Å². The molecule has 0 aromatic heterocycles. The first-order valence-corrected chi connectivity index (χ1v) is 6.00. The molecule has 2 atom stereocenters. The lowest BCUT2D eigenvalue weighted by molar-refractivity contribution is -0.146. The minimum Gasteiger partial charge on any atom is -0.467 e. The lowest BCUT2D eigenvalue weighted by Crippen LogP contribution is -2.45. The van der Waals surface area contributed by atoms with Crippen LogP contribution in [0.3, 0.4) is 0 Å². The maximum Gasteiger partial charge on any atom is 0.328 e. The van der Waals surface area contributed by atoms with E-state index in [0.717, 1.165) is 6.42 Å². The molecule has 0 spiro atoms. The number of carbonyl (C=O) groups is 2. The Kier molecular flexibility index (Phi) is 5.41. The SMILES string of the molecule is COC(=O)C(CC(C)C)NC(=O)C1CCOC1. The summed E-state index contributed by atoms with van der Waals surface area (Å²) in [6.45, 7) is 5.06. The van der Waals surface area contributed by atoms with Crippen molar-refractivity contribution in [3.8, 4) is 0 Å². The first kappa shape index (κ1) is 14.0. The van der Waals surface area contributed by atoms with E-state index in [1.807, 2.05) is 13.8 Å². The Labute approximate surface area is 102 Å². The van der Waals surface area contributed by atoms with Crippen molar-refractivity contribution >= 4 is 11.9 Å². The van der Waals surface area contributed by atoms with Crippen molar-refractivity contribution in [2.24, 2.45) is 11.8 Å². The van der Waals surface area contributed by atoms with Gasteiger partial charge in [0.1, 0.15) is 6.04 Å². The summed E-state index contributed by atoms with van der Waals surface area (Å²) in [7, 11) is 1.33. The van der Waals surface area contributed by atoms with E-state index < -0.39 is 6.04 Å². The van der Waals surface area contributed by atoms with Crippen molar-refractivity contribution in [2.45, 2.75) is 32.7 Å². The average Bonchev–Trinajstić information content (AvgIpc) is 2.79. The first-order chi connectivity index (χ1) is 8.04. The number of amides is 1. The Morgan fingerprint density at radius 1 is 1.47 bits per heavy atom. The Hall–Kier alpha value is -1.10. The van der Waals surface area contributed by atoms with Crippen molar-refractivity contribution in [1.82, 2.24) is 5.32 Å². The molecule has 1 aliphatic heterocycles. The number of ether oxygens (including phenoxy) is 2. The molecule has 0 aliphatic carbocycles. The van der Waals surface area contributed by atoms with Gasteiger partial charge in [-0.25, -0.2) is 4.79 Å². The van der Waals surface area contributed by atoms with Crippen molar-refractivity contribution in [3.63, 3.8) is 0 Å². The van der Waals surface area contributed by atoms with Gasteiger partial charge in [0, 0.05) is 6.61 Å². The third-order valence-electron chi connectivity index (χ3n) is 2.81. The zero-order chi connectivity index (χ0) is 12.8. The fourth-order valence-electron chi connectivity index (χ4n) is 1.86. The van der Waals surface area contributed by atoms with Crippen LogP contribution >= 0.6 is 0 Å². The standard InChI is InChI=1S/C12H21NO4/c1-8(2)6-10(12(15)16-3)13-11(14)9-4-5-17-7-9/h8-10H,4-7H2,1-3H3,(H,13,14). The molecule has 1 rings (SSSR count). The number of hydrogen-bond acceptors (Lipinski definition) is 4. The van der Waals surface area contributed by atoms with E-state index in [1.165, 1.54) is 7.11 Å². The fourth-order valence-corrected chi connectivity index (χ4v) is 1.86. The largest absolute Gasteiger partial charge is 0.467 e. The minimum absolute atomic E-state index is 0.112. The first-order valence-electron chi connectivity index (χ1n) is 6.00. The Bertz CT molecular complexity index is 272. The van der Waals surface area contributed by atoms with Gasteiger partial charge in [0.25, 0.3) is 0 Å². The normalized spacial score (nSPS) is 21.3. The maximum atomic E-state index is 11.9. The third-order valence-corrected chi connectivity index (χ3v) is 2.81. The Morgan fingerprint density at radius 3 is 2.65 bits per heavy atom. The van der Waals surface area contributed by atoms with Crippen LogP contribution < -0.4 is 5.32 Å². The molecule has 0 aromatic rings. The second-order valence-corrected chi connectivity index (χ2v) is 4.77. The molecule has 0 saturated carbocycles. The fraction of sp³-hybridized carbons (Fsp3) is 0.833. The highest BCUT2D eigenvalue weighted by Gasteiger charge is 2.28. The van der Waals surface area contributed by atoms with Crippen LogP contribution in [0.4, 0.5) is 0 Å². The molecule has 1 amide bonds. The molecule has 1 aliphatic rings. The lowest BCUT2D eigenvalue weighted by atomic mass is 10.0. The number of carbonyl (C=O) groups excluding carboxylic acids is 2. The summed E-state index contributed by atoms with van der Waals surface area (Å²) in [5, 5.41) is 2.75. The topological polar surface area (TPSA) is 64.6 Å². The molecular weight excluding hydrogens is 222 g/mol. The number of methoxy groups -OCH3 is 1. The predicted octanol–water partition coefficient (Wildman–Crippen LogP) is 0.727. The Morgan fingerprint density at radius 2 is 2.18 bits per heavy atom. The van der Waals surface area contributed by atoms with Gasteiger partial charge in [0.15, 0.2) is 0 Å². The van der Waals surface area contributed by atoms with Crippen LogP contribution in [0.15, 0.2) is 0 Å². The molecule has 5 heteroatoms. The predicted molar refractivity (Wildman–Crippen MR) is 62.3 cm³/mol. The summed E-state index contributed by atoms with van der Waals surface area (Å²) in [4.78, 5) is 23.4. The zero-order valence-electron chi connectivity index (χ0n) is 10.7. The van der Waals surface area contributed by atoms with E-state index in [4.69, 9.17) is 9.47 Å². The van der Waals surface area contributed by atoms with Gasteiger partial charge in [-0.3, -0.25) is 4.79 Å². The molecule has 1 fully saturated rings. The van der Waals surface area contributed by atoms with Crippen LogP contribution in [0.25, 0.3) is 0 Å². The second-order valence-electron chi connectivity index (χ2n) is 4.77. The number of hydrogen-bond donors (Lipinski definition) is 1. The molecule has 1 saturated heterocycles. The summed E-state index contributed by atoms with van der Waals surface area (Å²) in [6, 6.07) is -0.548. The van der Waals surface area contributed by atoms with E-state index in [2.05, 4.69) is 5.32 Å². The van der Waals surface area contributed by atoms with Crippen molar-refractivity contribution in [1.29, 1.82) is 0 Å². The van der Waals surface area contributed by atoms with Crippen molar-refractivity contribution in [2.75, 3.05) is 20.3 Å². The molecule has 0 aromatic carbocycles. The highest BCUT2D eigenvalue weighted by atomic mass is 16.5. The van der Waals surface area contributed by atoms with Gasteiger partial charge in [-0.2, -0.15) is 0 Å². The highest BCUT2D eigenvalue weighted by molar-refractivity contribution is 5.85. The monoisotopic (exact) mass is 243 g/mol. The maximum absolute atomic E-state index is 11.9. The summed E-state index contributed by atoms with van der Waals surface area (Å²) in [5.74, 6) is -0.307.